The van der Waals surface area contributed by atoms with E-state index in [0.717, 1.165) is 29.4 Å². The Labute approximate surface area is 173 Å². The molecule has 29 heavy (non-hydrogen) atoms. The summed E-state index contributed by atoms with van der Waals surface area (Å²) in [7, 11) is 0. The van der Waals surface area contributed by atoms with Gasteiger partial charge in [-0.3, -0.25) is 0 Å². The molecule has 1 fully saturated rings. The average Bonchev–Trinajstić information content (AvgIpc) is 3.27. The molecule has 2 aromatic heterocycles. The van der Waals surface area contributed by atoms with Crippen molar-refractivity contribution in [3.63, 3.8) is 0 Å². The summed E-state index contributed by atoms with van der Waals surface area (Å²) in [6.07, 6.45) is -0.684. The molecule has 0 unspecified atom stereocenters. The summed E-state index contributed by atoms with van der Waals surface area (Å²) in [5, 5.41) is 20.3. The van der Waals surface area contributed by atoms with Gasteiger partial charge in [-0.1, -0.05) is 29.4 Å². The number of allylic oxidation sites excluding steroid dienone is 1. The SMILES string of the molecule is C=CCn1c(SCc2nnnn2-c2ccc(Cl)cc2C(F)(F)F)nnc1C1CC1. The second kappa shape index (κ2) is 7.79. The van der Waals surface area contributed by atoms with Gasteiger partial charge in [0.15, 0.2) is 11.0 Å². The van der Waals surface area contributed by atoms with Crippen LogP contribution in [-0.2, 0) is 18.5 Å². The van der Waals surface area contributed by atoms with Crippen molar-refractivity contribution in [3.05, 3.63) is 53.1 Å². The standard InChI is InChI=1S/C17H15ClF3N7S/c1-2-7-27-15(10-3-4-10)23-24-16(27)29-9-14-22-25-26-28(14)13-6-5-11(18)8-12(13)17(19,20)21/h2,5-6,8,10H,1,3-4,7,9H2. The van der Waals surface area contributed by atoms with E-state index in [0.29, 0.717) is 17.6 Å². The van der Waals surface area contributed by atoms with E-state index in [1.54, 1.807) is 6.08 Å². The van der Waals surface area contributed by atoms with Crippen molar-refractivity contribution in [2.45, 2.75) is 42.4 Å². The minimum Gasteiger partial charge on any atom is -0.302 e. The maximum atomic E-state index is 13.4. The highest BCUT2D eigenvalue weighted by atomic mass is 35.5. The Bertz CT molecular complexity index is 1040. The third-order valence-corrected chi connectivity index (χ3v) is 5.55. The second-order valence-electron chi connectivity index (χ2n) is 6.47. The molecular weight excluding hydrogens is 427 g/mol. The molecule has 0 spiro atoms. The number of benzene rings is 1. The zero-order valence-electron chi connectivity index (χ0n) is 15.0. The number of hydrogen-bond donors (Lipinski definition) is 0. The highest BCUT2D eigenvalue weighted by molar-refractivity contribution is 7.98. The van der Waals surface area contributed by atoms with Crippen LogP contribution in [0.4, 0.5) is 13.2 Å². The van der Waals surface area contributed by atoms with E-state index in [4.69, 9.17) is 11.6 Å². The van der Waals surface area contributed by atoms with Gasteiger partial charge in [0.1, 0.15) is 5.82 Å². The van der Waals surface area contributed by atoms with Crippen LogP contribution < -0.4 is 0 Å². The molecule has 0 bridgehead atoms. The molecule has 0 aliphatic heterocycles. The lowest BCUT2D eigenvalue weighted by Gasteiger charge is -2.13. The topological polar surface area (TPSA) is 74.3 Å². The molecule has 7 nitrogen and oxygen atoms in total. The monoisotopic (exact) mass is 441 g/mol. The largest absolute Gasteiger partial charge is 0.418 e. The summed E-state index contributed by atoms with van der Waals surface area (Å²) in [5.74, 6) is 1.78. The number of aromatic nitrogens is 7. The van der Waals surface area contributed by atoms with Gasteiger partial charge in [0.25, 0.3) is 0 Å². The van der Waals surface area contributed by atoms with Gasteiger partial charge in [-0.25, -0.2) is 0 Å². The van der Waals surface area contributed by atoms with Gasteiger partial charge in [0, 0.05) is 17.5 Å². The molecule has 4 rings (SSSR count). The van der Waals surface area contributed by atoms with Crippen molar-refractivity contribution in [2.75, 3.05) is 0 Å². The smallest absolute Gasteiger partial charge is 0.302 e. The third kappa shape index (κ3) is 4.15. The van der Waals surface area contributed by atoms with Crippen LogP contribution in [0.5, 0.6) is 0 Å². The van der Waals surface area contributed by atoms with E-state index in [2.05, 4.69) is 32.3 Å². The fourth-order valence-corrected chi connectivity index (χ4v) is 3.92. The number of hydrogen-bond acceptors (Lipinski definition) is 6. The maximum Gasteiger partial charge on any atom is 0.418 e. The number of thioether (sulfide) groups is 1. The van der Waals surface area contributed by atoms with Gasteiger partial charge < -0.3 is 4.57 Å². The lowest BCUT2D eigenvalue weighted by Crippen LogP contribution is -2.13. The molecule has 0 N–H and O–H groups in total. The molecule has 1 saturated carbocycles. The minimum atomic E-state index is -4.60. The van der Waals surface area contributed by atoms with Crippen molar-refractivity contribution in [3.8, 4) is 5.69 Å². The van der Waals surface area contributed by atoms with Crippen LogP contribution in [0.2, 0.25) is 5.02 Å². The number of tetrazole rings is 1. The summed E-state index contributed by atoms with van der Waals surface area (Å²) in [6, 6.07) is 3.48. The first-order valence-electron chi connectivity index (χ1n) is 8.69. The van der Waals surface area contributed by atoms with Crippen LogP contribution in [0.1, 0.15) is 36.0 Å². The third-order valence-electron chi connectivity index (χ3n) is 4.36. The Morgan fingerprint density at radius 2 is 2.03 bits per heavy atom. The van der Waals surface area contributed by atoms with Crippen molar-refractivity contribution < 1.29 is 13.2 Å². The fraction of sp³-hybridized carbons (Fsp3) is 0.353. The van der Waals surface area contributed by atoms with E-state index in [9.17, 15) is 13.2 Å². The summed E-state index contributed by atoms with van der Waals surface area (Å²) in [5.41, 5.74) is -1.09. The molecule has 152 valence electrons. The molecular formula is C17H15ClF3N7S. The highest BCUT2D eigenvalue weighted by Gasteiger charge is 2.35. The van der Waals surface area contributed by atoms with Crippen LogP contribution >= 0.6 is 23.4 Å². The minimum absolute atomic E-state index is 0.0183. The van der Waals surface area contributed by atoms with Crippen LogP contribution in [0, 0.1) is 0 Å². The molecule has 1 aromatic carbocycles. The molecule has 0 atom stereocenters. The van der Waals surface area contributed by atoms with Gasteiger partial charge in [-0.05, 0) is 41.5 Å². The van der Waals surface area contributed by atoms with E-state index in [-0.39, 0.29) is 22.3 Å². The van der Waals surface area contributed by atoms with Gasteiger partial charge in [-0.2, -0.15) is 17.9 Å². The molecule has 3 aromatic rings. The van der Waals surface area contributed by atoms with Crippen LogP contribution in [0.25, 0.3) is 5.69 Å². The van der Waals surface area contributed by atoms with Crippen LogP contribution in [-0.4, -0.2) is 35.0 Å². The molecule has 0 amide bonds. The molecule has 0 radical (unpaired) electrons. The lowest BCUT2D eigenvalue weighted by atomic mass is 10.1. The normalized spacial score (nSPS) is 14.3. The number of rotatable bonds is 7. The number of alkyl halides is 3. The average molecular weight is 442 g/mol. The quantitative estimate of drug-likeness (QED) is 0.402. The predicted octanol–water partition coefficient (Wildman–Crippen LogP) is 4.28. The molecule has 12 heteroatoms. The number of nitrogens with zero attached hydrogens (tertiary/aromatic N) is 7. The highest BCUT2D eigenvalue weighted by Crippen LogP contribution is 2.40. The van der Waals surface area contributed by atoms with E-state index in [1.165, 1.54) is 23.9 Å². The van der Waals surface area contributed by atoms with Crippen molar-refractivity contribution in [1.82, 2.24) is 35.0 Å². The van der Waals surface area contributed by atoms with Crippen molar-refractivity contribution in [1.29, 1.82) is 0 Å². The molecule has 1 aliphatic rings. The first-order valence-corrected chi connectivity index (χ1v) is 10.1. The lowest BCUT2D eigenvalue weighted by molar-refractivity contribution is -0.137. The van der Waals surface area contributed by atoms with E-state index < -0.39 is 11.7 Å². The van der Waals surface area contributed by atoms with Crippen molar-refractivity contribution >= 4 is 23.4 Å². The van der Waals surface area contributed by atoms with Gasteiger partial charge >= 0.3 is 6.18 Å². The van der Waals surface area contributed by atoms with Gasteiger partial charge in [-0.15, -0.1) is 21.9 Å². The zero-order chi connectivity index (χ0) is 20.6. The van der Waals surface area contributed by atoms with Gasteiger partial charge in [0.2, 0.25) is 0 Å². The Balaban J connectivity index is 1.61. The first kappa shape index (κ1) is 19.9. The zero-order valence-corrected chi connectivity index (χ0v) is 16.5. The maximum absolute atomic E-state index is 13.4. The first-order chi connectivity index (χ1) is 13.9. The Morgan fingerprint density at radius 3 is 2.72 bits per heavy atom. The summed E-state index contributed by atoms with van der Waals surface area (Å²) in [4.78, 5) is 0. The summed E-state index contributed by atoms with van der Waals surface area (Å²) >= 11 is 7.06. The Kier molecular flexibility index (Phi) is 5.34. The van der Waals surface area contributed by atoms with Crippen molar-refractivity contribution in [2.24, 2.45) is 0 Å². The van der Waals surface area contributed by atoms with Gasteiger partial charge in [0.05, 0.1) is 17.0 Å². The fourth-order valence-electron chi connectivity index (χ4n) is 2.88. The number of halogens is 4. The molecule has 2 heterocycles. The van der Waals surface area contributed by atoms with E-state index in [1.807, 2.05) is 4.57 Å². The van der Waals surface area contributed by atoms with Crippen LogP contribution in [0.3, 0.4) is 0 Å². The van der Waals surface area contributed by atoms with Crippen LogP contribution in [0.15, 0.2) is 36.0 Å². The predicted molar refractivity (Wildman–Crippen MR) is 101 cm³/mol. The van der Waals surface area contributed by atoms with E-state index >= 15 is 0 Å². The Hall–Kier alpha value is -2.40. The Morgan fingerprint density at radius 1 is 1.24 bits per heavy atom. The molecule has 1 aliphatic carbocycles. The molecule has 0 saturated heterocycles. The summed E-state index contributed by atoms with van der Waals surface area (Å²) < 4.78 is 43.4. The second-order valence-corrected chi connectivity index (χ2v) is 7.85. The summed E-state index contributed by atoms with van der Waals surface area (Å²) in [6.45, 7) is 4.32.